The van der Waals surface area contributed by atoms with Gasteiger partial charge in [-0.1, -0.05) is 0 Å². The number of ketones is 1. The molecule has 1 amide bonds. The Morgan fingerprint density at radius 3 is 2.95 bits per heavy atom. The number of H-pyrrole nitrogens is 1. The number of hydrogen-bond acceptors (Lipinski definition) is 5. The van der Waals surface area contributed by atoms with Crippen LogP contribution in [-0.4, -0.2) is 52.7 Å². The Bertz CT molecular complexity index is 539. The third kappa shape index (κ3) is 2.85. The number of rotatable bonds is 5. The van der Waals surface area contributed by atoms with E-state index in [1.807, 2.05) is 0 Å². The number of likely N-dealkylation sites (tertiary alicyclic amines) is 1. The number of nitrogens with zero attached hydrogens (tertiary/aromatic N) is 2. The molecule has 1 fully saturated rings. The normalized spacial score (nSPS) is 18.9. The van der Waals surface area contributed by atoms with Gasteiger partial charge < -0.3 is 10.3 Å². The molecule has 108 valence electrons. The fraction of sp³-hybridized carbons (Fsp3) is 0.500. The summed E-state index contributed by atoms with van der Waals surface area (Å²) in [5.74, 6) is -0.360. The maximum absolute atomic E-state index is 12.1. The molecule has 1 saturated heterocycles. The minimum Gasteiger partial charge on any atom is -0.358 e. The Morgan fingerprint density at radius 2 is 2.35 bits per heavy atom. The third-order valence-corrected chi connectivity index (χ3v) is 3.44. The molecule has 1 aliphatic rings. The third-order valence-electron chi connectivity index (χ3n) is 3.44. The molecule has 2 rings (SSSR count). The number of nitrogens with one attached hydrogen (secondary N) is 2. The minimum atomic E-state index is -0.559. The predicted octanol–water partition coefficient (Wildman–Crippen LogP) is 0.316. The maximum atomic E-state index is 12.1. The summed E-state index contributed by atoms with van der Waals surface area (Å²) >= 11 is 0. The van der Waals surface area contributed by atoms with E-state index in [0.29, 0.717) is 6.54 Å². The molecular weight excluding hydrogens is 264 g/mol. The van der Waals surface area contributed by atoms with Crippen molar-refractivity contribution in [3.05, 3.63) is 28.1 Å². The Kier molecular flexibility index (Phi) is 4.14. The summed E-state index contributed by atoms with van der Waals surface area (Å²) in [5, 5.41) is 13.2. The van der Waals surface area contributed by atoms with Crippen molar-refractivity contribution in [2.45, 2.75) is 18.9 Å². The quantitative estimate of drug-likeness (QED) is 0.458. The highest BCUT2D eigenvalue weighted by molar-refractivity contribution is 5.97. The first-order valence-electron chi connectivity index (χ1n) is 6.34. The van der Waals surface area contributed by atoms with Crippen molar-refractivity contribution < 1.29 is 14.5 Å². The number of Topliss-reactive ketones (excluding diaryl/α,β-unsaturated/α-hetero) is 1. The van der Waals surface area contributed by atoms with Crippen molar-refractivity contribution in [3.8, 4) is 0 Å². The lowest BCUT2D eigenvalue weighted by Crippen LogP contribution is -2.44. The number of aromatic nitrogens is 1. The van der Waals surface area contributed by atoms with Gasteiger partial charge in [-0.05, 0) is 19.4 Å². The van der Waals surface area contributed by atoms with Crippen LogP contribution in [0, 0.1) is 10.1 Å². The number of hydrogen-bond donors (Lipinski definition) is 2. The van der Waals surface area contributed by atoms with E-state index in [1.54, 1.807) is 11.9 Å². The second kappa shape index (κ2) is 5.83. The first-order valence-corrected chi connectivity index (χ1v) is 6.34. The van der Waals surface area contributed by atoms with E-state index in [1.165, 1.54) is 12.3 Å². The average Bonchev–Trinajstić information content (AvgIpc) is 3.06. The van der Waals surface area contributed by atoms with Gasteiger partial charge in [0.2, 0.25) is 5.91 Å². The fourth-order valence-corrected chi connectivity index (χ4v) is 2.40. The van der Waals surface area contributed by atoms with E-state index in [4.69, 9.17) is 0 Å². The zero-order chi connectivity index (χ0) is 14.7. The summed E-state index contributed by atoms with van der Waals surface area (Å²) in [6, 6.07) is 0.918. The zero-order valence-corrected chi connectivity index (χ0v) is 11.1. The van der Waals surface area contributed by atoms with Crippen LogP contribution in [0.4, 0.5) is 5.69 Å². The molecule has 0 bridgehead atoms. The van der Waals surface area contributed by atoms with E-state index in [0.717, 1.165) is 12.8 Å². The molecule has 0 radical (unpaired) electrons. The van der Waals surface area contributed by atoms with Crippen LogP contribution in [0.15, 0.2) is 12.3 Å². The lowest BCUT2D eigenvalue weighted by Gasteiger charge is -2.21. The van der Waals surface area contributed by atoms with Gasteiger partial charge in [0, 0.05) is 13.1 Å². The molecule has 0 aliphatic carbocycles. The van der Waals surface area contributed by atoms with Gasteiger partial charge in [-0.25, -0.2) is 0 Å². The van der Waals surface area contributed by atoms with Gasteiger partial charge in [-0.3, -0.25) is 24.6 Å². The van der Waals surface area contributed by atoms with Crippen LogP contribution in [0.1, 0.15) is 23.3 Å². The molecule has 1 aromatic rings. The van der Waals surface area contributed by atoms with Crippen LogP contribution in [0.2, 0.25) is 0 Å². The molecule has 20 heavy (non-hydrogen) atoms. The molecule has 8 heteroatoms. The predicted molar refractivity (Wildman–Crippen MR) is 70.4 cm³/mol. The number of amides is 1. The van der Waals surface area contributed by atoms with Crippen molar-refractivity contribution in [1.82, 2.24) is 15.2 Å². The molecule has 0 saturated carbocycles. The number of nitro groups is 1. The van der Waals surface area contributed by atoms with Crippen LogP contribution in [0.3, 0.4) is 0 Å². The summed E-state index contributed by atoms with van der Waals surface area (Å²) in [7, 11) is 1.56. The Hall–Kier alpha value is -2.22. The van der Waals surface area contributed by atoms with E-state index in [2.05, 4.69) is 10.3 Å². The van der Waals surface area contributed by atoms with Crippen LogP contribution < -0.4 is 5.32 Å². The summed E-state index contributed by atoms with van der Waals surface area (Å²) in [6.45, 7) is 0.752. The molecular formula is C12H16N4O4. The largest absolute Gasteiger partial charge is 0.358 e. The van der Waals surface area contributed by atoms with E-state index >= 15 is 0 Å². The van der Waals surface area contributed by atoms with Crippen molar-refractivity contribution in [2.24, 2.45) is 0 Å². The molecule has 2 heterocycles. The molecule has 0 aromatic carbocycles. The average molecular weight is 280 g/mol. The topological polar surface area (TPSA) is 108 Å². The van der Waals surface area contributed by atoms with E-state index in [9.17, 15) is 19.7 Å². The molecule has 8 nitrogen and oxygen atoms in total. The molecule has 1 aromatic heterocycles. The maximum Gasteiger partial charge on any atom is 0.287 e. The van der Waals surface area contributed by atoms with Crippen LogP contribution in [-0.2, 0) is 4.79 Å². The Morgan fingerprint density at radius 1 is 1.60 bits per heavy atom. The van der Waals surface area contributed by atoms with Crippen molar-refractivity contribution in [1.29, 1.82) is 0 Å². The molecule has 0 spiro atoms. The lowest BCUT2D eigenvalue weighted by atomic mass is 10.2. The highest BCUT2D eigenvalue weighted by atomic mass is 16.6. The summed E-state index contributed by atoms with van der Waals surface area (Å²) in [4.78, 5) is 38.2. The van der Waals surface area contributed by atoms with Gasteiger partial charge >= 0.3 is 0 Å². The standard InChI is InChI=1S/C12H16N4O4/c1-13-12(18)10-3-2-4-15(10)7-11(17)9-5-8(6-14-9)16(19)20/h5-6,10,14H,2-4,7H2,1H3,(H,13,18). The Balaban J connectivity index is 2.03. The first-order chi connectivity index (χ1) is 9.52. The van der Waals surface area contributed by atoms with Crippen LogP contribution >= 0.6 is 0 Å². The van der Waals surface area contributed by atoms with Gasteiger partial charge in [-0.2, -0.15) is 0 Å². The molecule has 1 atom stereocenters. The fourth-order valence-electron chi connectivity index (χ4n) is 2.40. The number of carbonyl (C=O) groups excluding carboxylic acids is 2. The minimum absolute atomic E-state index is 0.0791. The highest BCUT2D eigenvalue weighted by Crippen LogP contribution is 2.19. The van der Waals surface area contributed by atoms with Gasteiger partial charge in [0.05, 0.1) is 29.4 Å². The molecule has 1 unspecified atom stereocenters. The summed E-state index contributed by atoms with van der Waals surface area (Å²) < 4.78 is 0. The van der Waals surface area contributed by atoms with Crippen molar-refractivity contribution >= 4 is 17.4 Å². The summed E-state index contributed by atoms with van der Waals surface area (Å²) in [6.07, 6.45) is 2.77. The van der Waals surface area contributed by atoms with Gasteiger partial charge in [0.15, 0.2) is 5.78 Å². The second-order valence-electron chi connectivity index (χ2n) is 4.69. The number of aromatic amines is 1. The van der Waals surface area contributed by atoms with E-state index in [-0.39, 0.29) is 35.7 Å². The summed E-state index contributed by atoms with van der Waals surface area (Å²) in [5.41, 5.74) is 0.0527. The number of likely N-dealkylation sites (N-methyl/N-ethyl adjacent to an activating group) is 1. The second-order valence-corrected chi connectivity index (χ2v) is 4.69. The van der Waals surface area contributed by atoms with Crippen LogP contribution in [0.5, 0.6) is 0 Å². The first kappa shape index (κ1) is 14.2. The van der Waals surface area contributed by atoms with Crippen molar-refractivity contribution in [2.75, 3.05) is 20.1 Å². The zero-order valence-electron chi connectivity index (χ0n) is 11.1. The van der Waals surface area contributed by atoms with Gasteiger partial charge in [0.25, 0.3) is 5.69 Å². The number of carbonyl (C=O) groups is 2. The lowest BCUT2D eigenvalue weighted by molar-refractivity contribution is -0.384. The molecule has 2 N–H and O–H groups in total. The Labute approximate surface area is 115 Å². The smallest absolute Gasteiger partial charge is 0.287 e. The van der Waals surface area contributed by atoms with Gasteiger partial charge in [-0.15, -0.1) is 0 Å². The van der Waals surface area contributed by atoms with Gasteiger partial charge in [0.1, 0.15) is 0 Å². The van der Waals surface area contributed by atoms with E-state index < -0.39 is 4.92 Å². The van der Waals surface area contributed by atoms with Crippen molar-refractivity contribution in [3.63, 3.8) is 0 Å². The monoisotopic (exact) mass is 280 g/mol. The SMILES string of the molecule is CNC(=O)C1CCCN1CC(=O)c1cc([N+](=O)[O-])c[nH]1. The van der Waals surface area contributed by atoms with Crippen LogP contribution in [0.25, 0.3) is 0 Å². The molecule has 1 aliphatic heterocycles. The highest BCUT2D eigenvalue weighted by Gasteiger charge is 2.31.